The molecule has 2 aliphatic heterocycles. The van der Waals surface area contributed by atoms with Crippen LogP contribution in [0.2, 0.25) is 0 Å². The summed E-state index contributed by atoms with van der Waals surface area (Å²) in [5.74, 6) is 0.641. The highest BCUT2D eigenvalue weighted by Crippen LogP contribution is 2.22. The third kappa shape index (κ3) is 4.17. The molecular weight excluding hydrogens is 322 g/mol. The smallest absolute Gasteiger partial charge is 0.282 e. The van der Waals surface area contributed by atoms with Crippen molar-refractivity contribution in [2.75, 3.05) is 39.3 Å². The van der Waals surface area contributed by atoms with Gasteiger partial charge in [0.25, 0.3) is 10.2 Å². The molecule has 0 amide bonds. The number of benzene rings is 1. The molecular formula is C18H29N3O2S. The van der Waals surface area contributed by atoms with Gasteiger partial charge in [-0.3, -0.25) is 4.90 Å². The van der Waals surface area contributed by atoms with E-state index in [4.69, 9.17) is 0 Å². The summed E-state index contributed by atoms with van der Waals surface area (Å²) in [7, 11) is -3.27. The number of aryl methyl sites for hydroxylation is 1. The second-order valence-electron chi connectivity index (χ2n) is 7.25. The Morgan fingerprint density at radius 1 is 1.00 bits per heavy atom. The molecule has 1 aromatic rings. The van der Waals surface area contributed by atoms with Crippen molar-refractivity contribution < 1.29 is 8.42 Å². The molecule has 0 radical (unpaired) electrons. The van der Waals surface area contributed by atoms with Gasteiger partial charge in [-0.1, -0.05) is 36.8 Å². The second-order valence-corrected chi connectivity index (χ2v) is 9.18. The summed E-state index contributed by atoms with van der Waals surface area (Å²) in [6, 6.07) is 8.54. The van der Waals surface area contributed by atoms with Crippen molar-refractivity contribution in [1.29, 1.82) is 0 Å². The van der Waals surface area contributed by atoms with Crippen molar-refractivity contribution in [2.45, 2.75) is 33.2 Å². The molecule has 2 fully saturated rings. The highest BCUT2D eigenvalue weighted by molar-refractivity contribution is 7.86. The molecule has 0 saturated carbocycles. The molecule has 134 valence electrons. The largest absolute Gasteiger partial charge is 0.296 e. The molecule has 2 aliphatic rings. The zero-order valence-corrected chi connectivity index (χ0v) is 15.6. The molecule has 0 aromatic heterocycles. The van der Waals surface area contributed by atoms with E-state index in [0.29, 0.717) is 32.1 Å². The average Bonchev–Trinajstić information content (AvgIpc) is 2.56. The molecule has 0 aliphatic carbocycles. The quantitative estimate of drug-likeness (QED) is 0.834. The van der Waals surface area contributed by atoms with Gasteiger partial charge in [-0.05, 0) is 31.2 Å². The summed E-state index contributed by atoms with van der Waals surface area (Å²) in [5.41, 5.74) is 2.57. The summed E-state index contributed by atoms with van der Waals surface area (Å²) < 4.78 is 28.9. The fraction of sp³-hybridized carbons (Fsp3) is 0.667. The fourth-order valence-corrected chi connectivity index (χ4v) is 5.19. The highest BCUT2D eigenvalue weighted by Gasteiger charge is 2.33. The van der Waals surface area contributed by atoms with E-state index in [1.807, 2.05) is 0 Å². The van der Waals surface area contributed by atoms with Gasteiger partial charge >= 0.3 is 0 Å². The molecule has 0 N–H and O–H groups in total. The summed E-state index contributed by atoms with van der Waals surface area (Å²) in [4.78, 5) is 2.35. The van der Waals surface area contributed by atoms with Gasteiger partial charge in [0, 0.05) is 45.8 Å². The topological polar surface area (TPSA) is 43.9 Å². The number of hydrogen-bond acceptors (Lipinski definition) is 3. The molecule has 3 rings (SSSR count). The minimum absolute atomic E-state index is 0.597. The molecule has 2 saturated heterocycles. The van der Waals surface area contributed by atoms with Crippen molar-refractivity contribution >= 4 is 10.2 Å². The summed E-state index contributed by atoms with van der Waals surface area (Å²) in [5, 5.41) is 0. The van der Waals surface area contributed by atoms with E-state index < -0.39 is 10.2 Å². The lowest BCUT2D eigenvalue weighted by Crippen LogP contribution is -2.53. The minimum atomic E-state index is -3.27. The zero-order chi connectivity index (χ0) is 17.2. The van der Waals surface area contributed by atoms with Crippen molar-refractivity contribution in [3.63, 3.8) is 0 Å². The minimum Gasteiger partial charge on any atom is -0.296 e. The first-order valence-electron chi connectivity index (χ1n) is 8.98. The van der Waals surface area contributed by atoms with E-state index in [2.05, 4.69) is 43.0 Å². The molecule has 6 heteroatoms. The van der Waals surface area contributed by atoms with Crippen LogP contribution < -0.4 is 0 Å². The number of hydrogen-bond donors (Lipinski definition) is 0. The maximum atomic E-state index is 12.8. The van der Waals surface area contributed by atoms with E-state index in [1.165, 1.54) is 11.1 Å². The van der Waals surface area contributed by atoms with Crippen LogP contribution in [-0.2, 0) is 16.8 Å². The van der Waals surface area contributed by atoms with Crippen LogP contribution in [0.5, 0.6) is 0 Å². The van der Waals surface area contributed by atoms with Crippen molar-refractivity contribution in [3.05, 3.63) is 35.4 Å². The first-order chi connectivity index (χ1) is 11.4. The Kier molecular flexibility index (Phi) is 5.59. The standard InChI is InChI=1S/C18H29N3O2S/c1-16-6-8-20(9-7-16)24(22,23)21-12-10-19(11-13-21)15-18-5-3-4-17(2)14-18/h3-5,14,16H,6-13,15H2,1-2H3. The molecule has 1 aromatic carbocycles. The maximum Gasteiger partial charge on any atom is 0.282 e. The SMILES string of the molecule is Cc1cccc(CN2CCN(S(=O)(=O)N3CCC(C)CC3)CC2)c1. The van der Waals surface area contributed by atoms with Gasteiger partial charge in [-0.25, -0.2) is 0 Å². The number of nitrogens with zero attached hydrogens (tertiary/aromatic N) is 3. The van der Waals surface area contributed by atoms with Crippen LogP contribution >= 0.6 is 0 Å². The molecule has 0 bridgehead atoms. The Labute approximate surface area is 146 Å². The summed E-state index contributed by atoms with van der Waals surface area (Å²) in [6.45, 7) is 9.35. The summed E-state index contributed by atoms with van der Waals surface area (Å²) in [6.07, 6.45) is 1.96. The first-order valence-corrected chi connectivity index (χ1v) is 10.4. The molecule has 0 atom stereocenters. The van der Waals surface area contributed by atoms with Crippen LogP contribution in [0.4, 0.5) is 0 Å². The van der Waals surface area contributed by atoms with Crippen LogP contribution in [0.15, 0.2) is 24.3 Å². The van der Waals surface area contributed by atoms with Gasteiger partial charge in [0.2, 0.25) is 0 Å². The van der Waals surface area contributed by atoms with Crippen LogP contribution in [0.25, 0.3) is 0 Å². The van der Waals surface area contributed by atoms with Crippen LogP contribution in [0.1, 0.15) is 30.9 Å². The van der Waals surface area contributed by atoms with Crippen LogP contribution in [0.3, 0.4) is 0 Å². The number of rotatable bonds is 4. The van der Waals surface area contributed by atoms with E-state index >= 15 is 0 Å². The van der Waals surface area contributed by atoms with Gasteiger partial charge in [0.1, 0.15) is 0 Å². The van der Waals surface area contributed by atoms with E-state index in [-0.39, 0.29) is 0 Å². The van der Waals surface area contributed by atoms with Gasteiger partial charge in [0.15, 0.2) is 0 Å². The summed E-state index contributed by atoms with van der Waals surface area (Å²) >= 11 is 0. The Morgan fingerprint density at radius 3 is 2.25 bits per heavy atom. The lowest BCUT2D eigenvalue weighted by molar-refractivity contribution is 0.170. The Morgan fingerprint density at radius 2 is 1.62 bits per heavy atom. The molecule has 0 spiro atoms. The Hall–Kier alpha value is -0.950. The molecule has 5 nitrogen and oxygen atoms in total. The third-order valence-corrected chi connectivity index (χ3v) is 7.25. The maximum absolute atomic E-state index is 12.8. The van der Waals surface area contributed by atoms with Crippen molar-refractivity contribution in [3.8, 4) is 0 Å². The predicted octanol–water partition coefficient (Wildman–Crippen LogP) is 2.09. The molecule has 0 unspecified atom stereocenters. The van der Waals surface area contributed by atoms with Crippen molar-refractivity contribution in [2.24, 2.45) is 5.92 Å². The first kappa shape index (κ1) is 17.9. The van der Waals surface area contributed by atoms with E-state index in [0.717, 1.165) is 32.5 Å². The van der Waals surface area contributed by atoms with Crippen LogP contribution in [0, 0.1) is 12.8 Å². The van der Waals surface area contributed by atoms with E-state index in [9.17, 15) is 8.42 Å². The normalized spacial score (nSPS) is 22.8. The van der Waals surface area contributed by atoms with Gasteiger partial charge in [-0.2, -0.15) is 17.0 Å². The highest BCUT2D eigenvalue weighted by atomic mass is 32.2. The number of piperazine rings is 1. The molecule has 2 heterocycles. The monoisotopic (exact) mass is 351 g/mol. The lowest BCUT2D eigenvalue weighted by Gasteiger charge is -2.38. The fourth-order valence-electron chi connectivity index (χ4n) is 3.57. The van der Waals surface area contributed by atoms with Gasteiger partial charge in [-0.15, -0.1) is 0 Å². The third-order valence-electron chi connectivity index (χ3n) is 5.22. The van der Waals surface area contributed by atoms with Gasteiger partial charge < -0.3 is 0 Å². The van der Waals surface area contributed by atoms with Crippen LogP contribution in [-0.4, -0.2) is 61.2 Å². The zero-order valence-electron chi connectivity index (χ0n) is 14.8. The second kappa shape index (κ2) is 7.52. The lowest BCUT2D eigenvalue weighted by atomic mass is 10.0. The average molecular weight is 352 g/mol. The van der Waals surface area contributed by atoms with Crippen molar-refractivity contribution in [1.82, 2.24) is 13.5 Å². The Balaban J connectivity index is 1.54. The molecule has 24 heavy (non-hydrogen) atoms. The predicted molar refractivity (Wildman–Crippen MR) is 96.9 cm³/mol. The number of piperidine rings is 1. The van der Waals surface area contributed by atoms with Gasteiger partial charge in [0.05, 0.1) is 0 Å². The Bertz CT molecular complexity index is 646. The van der Waals surface area contributed by atoms with E-state index in [1.54, 1.807) is 8.61 Å².